The van der Waals surface area contributed by atoms with E-state index in [1.54, 1.807) is 15.6 Å². The number of nitriles is 1. The molecule has 1 saturated heterocycles. The van der Waals surface area contributed by atoms with Crippen LogP contribution in [0.4, 0.5) is 11.4 Å². The zero-order valence-corrected chi connectivity index (χ0v) is 18.7. The van der Waals surface area contributed by atoms with Crippen LogP contribution in [0.1, 0.15) is 21.5 Å². The quantitative estimate of drug-likeness (QED) is 0.478. The first-order chi connectivity index (χ1) is 16.6. The molecule has 0 unspecified atom stereocenters. The molecule has 0 spiro atoms. The molecule has 34 heavy (non-hydrogen) atoms. The Hall–Kier alpha value is -4.35. The molecule has 1 aliphatic heterocycles. The molecule has 1 aliphatic rings. The topological polar surface area (TPSA) is 91.9 Å². The highest BCUT2D eigenvalue weighted by atomic mass is 16.5. The van der Waals surface area contributed by atoms with Gasteiger partial charge in [0.05, 0.1) is 41.7 Å². The number of hydrogen-bond acceptors (Lipinski definition) is 6. The molecular weight excluding hydrogens is 430 g/mol. The minimum Gasteiger partial charge on any atom is -0.457 e. The lowest BCUT2D eigenvalue weighted by molar-refractivity contribution is 0.0302. The number of nitrogens with one attached hydrogen (secondary N) is 1. The summed E-state index contributed by atoms with van der Waals surface area (Å²) in [5, 5.41) is 17.4. The Balaban J connectivity index is 1.46. The number of carbonyl (C=O) groups is 1. The predicted octanol–water partition coefficient (Wildman–Crippen LogP) is 4.52. The number of benzene rings is 2. The summed E-state index contributed by atoms with van der Waals surface area (Å²) in [7, 11) is 0. The average Bonchev–Trinajstić information content (AvgIpc) is 3.22. The van der Waals surface area contributed by atoms with Gasteiger partial charge in [0.1, 0.15) is 17.6 Å². The van der Waals surface area contributed by atoms with Crippen molar-refractivity contribution in [2.45, 2.75) is 6.92 Å². The summed E-state index contributed by atoms with van der Waals surface area (Å²) >= 11 is 0. The minimum atomic E-state index is -0.0572. The lowest BCUT2D eigenvalue weighted by atomic mass is 10.1. The van der Waals surface area contributed by atoms with Gasteiger partial charge in [-0.2, -0.15) is 10.4 Å². The van der Waals surface area contributed by atoms with E-state index in [9.17, 15) is 10.1 Å². The molecule has 2 aromatic heterocycles. The van der Waals surface area contributed by atoms with Crippen molar-refractivity contribution < 1.29 is 14.3 Å². The molecule has 0 saturated carbocycles. The fraction of sp³-hybridized carbons (Fsp3) is 0.192. The van der Waals surface area contributed by atoms with Crippen LogP contribution in [0.25, 0.3) is 5.52 Å². The summed E-state index contributed by atoms with van der Waals surface area (Å²) in [5.74, 6) is 1.40. The lowest BCUT2D eigenvalue weighted by Gasteiger charge is -2.26. The van der Waals surface area contributed by atoms with Crippen LogP contribution in [0.2, 0.25) is 0 Å². The molecule has 3 heterocycles. The second kappa shape index (κ2) is 9.25. The SMILES string of the molecule is Cc1c(C(=O)N2CCOCC2)cn2ncc(C#N)c(Nc3ccc(Oc4ccccc4)cc3)c12. The zero-order chi connectivity index (χ0) is 23.5. The van der Waals surface area contributed by atoms with E-state index in [2.05, 4.69) is 16.5 Å². The van der Waals surface area contributed by atoms with E-state index in [4.69, 9.17) is 9.47 Å². The monoisotopic (exact) mass is 453 g/mol. The number of rotatable bonds is 5. The minimum absolute atomic E-state index is 0.0572. The molecule has 0 aliphatic carbocycles. The van der Waals surface area contributed by atoms with Crippen LogP contribution in [0.15, 0.2) is 67.0 Å². The van der Waals surface area contributed by atoms with Crippen LogP contribution in [0.5, 0.6) is 11.5 Å². The number of morpholine rings is 1. The Bertz CT molecular complexity index is 1370. The number of amides is 1. The summed E-state index contributed by atoms with van der Waals surface area (Å²) < 4.78 is 12.9. The summed E-state index contributed by atoms with van der Waals surface area (Å²) in [6, 6.07) is 19.2. The summed E-state index contributed by atoms with van der Waals surface area (Å²) in [6.07, 6.45) is 3.23. The molecular formula is C26H23N5O3. The van der Waals surface area contributed by atoms with Crippen molar-refractivity contribution in [3.63, 3.8) is 0 Å². The van der Waals surface area contributed by atoms with E-state index >= 15 is 0 Å². The normalized spacial score (nSPS) is 13.5. The second-order valence-corrected chi connectivity index (χ2v) is 7.98. The number of nitrogens with zero attached hydrogens (tertiary/aromatic N) is 4. The number of ether oxygens (including phenoxy) is 2. The van der Waals surface area contributed by atoms with Crippen molar-refractivity contribution in [3.8, 4) is 17.6 Å². The molecule has 170 valence electrons. The van der Waals surface area contributed by atoms with E-state index in [-0.39, 0.29) is 5.91 Å². The van der Waals surface area contributed by atoms with Crippen LogP contribution in [-0.4, -0.2) is 46.7 Å². The largest absolute Gasteiger partial charge is 0.457 e. The van der Waals surface area contributed by atoms with Crippen LogP contribution in [-0.2, 0) is 4.74 Å². The molecule has 1 fully saturated rings. The van der Waals surface area contributed by atoms with Gasteiger partial charge in [-0.3, -0.25) is 4.79 Å². The first-order valence-electron chi connectivity index (χ1n) is 11.0. The molecule has 0 atom stereocenters. The maximum absolute atomic E-state index is 13.1. The van der Waals surface area contributed by atoms with Gasteiger partial charge in [0.2, 0.25) is 0 Å². The molecule has 5 rings (SSSR count). The summed E-state index contributed by atoms with van der Waals surface area (Å²) in [5.41, 5.74) is 3.81. The first kappa shape index (κ1) is 21.5. The van der Waals surface area contributed by atoms with Crippen LogP contribution >= 0.6 is 0 Å². The van der Waals surface area contributed by atoms with E-state index in [1.165, 1.54) is 6.20 Å². The summed E-state index contributed by atoms with van der Waals surface area (Å²) in [4.78, 5) is 14.9. The Morgan fingerprint density at radius 1 is 1.09 bits per heavy atom. The van der Waals surface area contributed by atoms with Crippen molar-refractivity contribution in [2.24, 2.45) is 0 Å². The Kier molecular flexibility index (Phi) is 5.85. The summed E-state index contributed by atoms with van der Waals surface area (Å²) in [6.45, 7) is 4.07. The molecule has 0 bridgehead atoms. The lowest BCUT2D eigenvalue weighted by Crippen LogP contribution is -2.40. The second-order valence-electron chi connectivity index (χ2n) is 7.98. The molecule has 8 nitrogen and oxygen atoms in total. The maximum atomic E-state index is 13.1. The van der Waals surface area contributed by atoms with Crippen LogP contribution in [0.3, 0.4) is 0 Å². The van der Waals surface area contributed by atoms with E-state index in [1.807, 2.05) is 61.5 Å². The van der Waals surface area contributed by atoms with Gasteiger partial charge in [-0.15, -0.1) is 0 Å². The van der Waals surface area contributed by atoms with Gasteiger partial charge in [-0.25, -0.2) is 4.52 Å². The fourth-order valence-electron chi connectivity index (χ4n) is 4.03. The van der Waals surface area contributed by atoms with Gasteiger partial charge in [-0.1, -0.05) is 18.2 Å². The molecule has 2 aromatic carbocycles. The van der Waals surface area contributed by atoms with Crippen molar-refractivity contribution in [2.75, 3.05) is 31.6 Å². The number of aromatic nitrogens is 2. The van der Waals surface area contributed by atoms with Gasteiger partial charge in [-0.05, 0) is 48.9 Å². The maximum Gasteiger partial charge on any atom is 0.255 e. The molecule has 4 aromatic rings. The predicted molar refractivity (Wildman–Crippen MR) is 128 cm³/mol. The van der Waals surface area contributed by atoms with Crippen molar-refractivity contribution in [1.29, 1.82) is 5.26 Å². The Morgan fingerprint density at radius 3 is 2.50 bits per heavy atom. The standard InChI is InChI=1S/C26H23N5O3/c1-18-23(26(32)30-11-13-33-14-12-30)17-31-25(18)24(19(15-27)16-28-31)29-20-7-9-22(10-8-20)34-21-5-3-2-4-6-21/h2-10,16-17,29H,11-14H2,1H3. The third-order valence-electron chi connectivity index (χ3n) is 5.81. The highest BCUT2D eigenvalue weighted by molar-refractivity contribution is 6.00. The number of fused-ring (bicyclic) bond motifs is 1. The number of aryl methyl sites for hydroxylation is 1. The van der Waals surface area contributed by atoms with Crippen LogP contribution < -0.4 is 10.1 Å². The smallest absolute Gasteiger partial charge is 0.255 e. The highest BCUT2D eigenvalue weighted by Crippen LogP contribution is 2.32. The number of anilines is 2. The van der Waals surface area contributed by atoms with Gasteiger partial charge < -0.3 is 19.7 Å². The Labute approximate surface area is 196 Å². The third-order valence-corrected chi connectivity index (χ3v) is 5.81. The van der Waals surface area contributed by atoms with Gasteiger partial charge >= 0.3 is 0 Å². The van der Waals surface area contributed by atoms with Crippen molar-refractivity contribution in [3.05, 3.63) is 83.7 Å². The number of carbonyl (C=O) groups excluding carboxylic acids is 1. The van der Waals surface area contributed by atoms with Gasteiger partial charge in [0.15, 0.2) is 0 Å². The molecule has 0 radical (unpaired) electrons. The van der Waals surface area contributed by atoms with E-state index in [0.717, 1.165) is 17.0 Å². The zero-order valence-electron chi connectivity index (χ0n) is 18.7. The fourth-order valence-corrected chi connectivity index (χ4v) is 4.03. The van der Waals surface area contributed by atoms with E-state index < -0.39 is 0 Å². The third kappa shape index (κ3) is 4.17. The van der Waals surface area contributed by atoms with Gasteiger partial charge in [0.25, 0.3) is 5.91 Å². The first-order valence-corrected chi connectivity index (χ1v) is 11.0. The van der Waals surface area contributed by atoms with Gasteiger partial charge in [0, 0.05) is 25.0 Å². The average molecular weight is 454 g/mol. The Morgan fingerprint density at radius 2 is 1.79 bits per heavy atom. The van der Waals surface area contributed by atoms with E-state index in [0.29, 0.717) is 54.4 Å². The molecule has 1 N–H and O–H groups in total. The molecule has 8 heteroatoms. The van der Waals surface area contributed by atoms with Crippen LogP contribution in [0, 0.1) is 18.3 Å². The number of para-hydroxylation sites is 1. The van der Waals surface area contributed by atoms with Crippen molar-refractivity contribution >= 4 is 22.8 Å². The highest BCUT2D eigenvalue weighted by Gasteiger charge is 2.24. The van der Waals surface area contributed by atoms with Crippen molar-refractivity contribution in [1.82, 2.24) is 14.5 Å². The number of hydrogen-bond donors (Lipinski definition) is 1. The molecule has 1 amide bonds.